The first-order valence-corrected chi connectivity index (χ1v) is 4.84. The number of carbonyl (C=O) groups excluding carboxylic acids is 1. The van der Waals surface area contributed by atoms with Crippen LogP contribution in [0.4, 0.5) is 0 Å². The molecule has 76 valence electrons. The van der Waals surface area contributed by atoms with Crippen molar-refractivity contribution < 1.29 is 14.6 Å². The van der Waals surface area contributed by atoms with Crippen molar-refractivity contribution >= 4 is 5.97 Å². The van der Waals surface area contributed by atoms with Crippen molar-refractivity contribution in [1.82, 2.24) is 0 Å². The maximum atomic E-state index is 11.0. The standard InChI is InChI=1S/C11H14O3/c1-8(13)14-11(7-12)6-5-9-3-2-4-10(9)11/h2,4-6,9-10,12H,3,7H2,1H3. The highest BCUT2D eigenvalue weighted by Gasteiger charge is 2.46. The quantitative estimate of drug-likeness (QED) is 0.528. The molecule has 0 radical (unpaired) electrons. The van der Waals surface area contributed by atoms with Crippen LogP contribution in [0.1, 0.15) is 13.3 Å². The van der Waals surface area contributed by atoms with Gasteiger partial charge in [0.15, 0.2) is 5.60 Å². The molecule has 0 saturated carbocycles. The monoisotopic (exact) mass is 194 g/mol. The molecule has 2 rings (SSSR count). The summed E-state index contributed by atoms with van der Waals surface area (Å²) in [6.45, 7) is 1.23. The molecule has 0 heterocycles. The van der Waals surface area contributed by atoms with Crippen LogP contribution in [0.5, 0.6) is 0 Å². The van der Waals surface area contributed by atoms with E-state index in [0.717, 1.165) is 6.42 Å². The maximum absolute atomic E-state index is 11.0. The van der Waals surface area contributed by atoms with E-state index in [2.05, 4.69) is 6.08 Å². The van der Waals surface area contributed by atoms with Crippen molar-refractivity contribution in [2.45, 2.75) is 18.9 Å². The Balaban J connectivity index is 2.23. The maximum Gasteiger partial charge on any atom is 0.303 e. The summed E-state index contributed by atoms with van der Waals surface area (Å²) in [5.41, 5.74) is -0.802. The van der Waals surface area contributed by atoms with Gasteiger partial charge in [-0.3, -0.25) is 4.79 Å². The minimum atomic E-state index is -0.802. The van der Waals surface area contributed by atoms with E-state index in [1.54, 1.807) is 0 Å². The second kappa shape index (κ2) is 3.24. The van der Waals surface area contributed by atoms with E-state index in [1.165, 1.54) is 6.92 Å². The van der Waals surface area contributed by atoms with E-state index in [0.29, 0.717) is 5.92 Å². The third kappa shape index (κ3) is 1.28. The van der Waals surface area contributed by atoms with Crippen LogP contribution in [0.25, 0.3) is 0 Å². The summed E-state index contributed by atoms with van der Waals surface area (Å²) < 4.78 is 5.23. The summed E-state index contributed by atoms with van der Waals surface area (Å²) in [5.74, 6) is 0.169. The lowest BCUT2D eigenvalue weighted by Crippen LogP contribution is -2.41. The highest BCUT2D eigenvalue weighted by Crippen LogP contribution is 2.43. The summed E-state index contributed by atoms with van der Waals surface area (Å²) in [4.78, 5) is 11.0. The zero-order valence-electron chi connectivity index (χ0n) is 8.14. The Bertz CT molecular complexity index is 306. The van der Waals surface area contributed by atoms with Crippen LogP contribution in [0, 0.1) is 11.8 Å². The van der Waals surface area contributed by atoms with Crippen molar-refractivity contribution in [1.29, 1.82) is 0 Å². The Hall–Kier alpha value is -1.09. The smallest absolute Gasteiger partial charge is 0.303 e. The van der Waals surface area contributed by atoms with Crippen molar-refractivity contribution in [3.8, 4) is 0 Å². The SMILES string of the molecule is CC(=O)OC1(CO)C=CC2CC=CC21. The molecule has 2 aliphatic carbocycles. The number of rotatable bonds is 2. The van der Waals surface area contributed by atoms with Crippen LogP contribution in [-0.2, 0) is 9.53 Å². The van der Waals surface area contributed by atoms with E-state index in [9.17, 15) is 9.90 Å². The summed E-state index contributed by atoms with van der Waals surface area (Å²) in [5, 5.41) is 9.35. The second-order valence-electron chi connectivity index (χ2n) is 3.92. The Labute approximate surface area is 83.1 Å². The third-order valence-corrected chi connectivity index (χ3v) is 2.98. The number of fused-ring (bicyclic) bond motifs is 1. The zero-order valence-corrected chi connectivity index (χ0v) is 8.14. The van der Waals surface area contributed by atoms with Crippen molar-refractivity contribution in [2.24, 2.45) is 11.8 Å². The zero-order chi connectivity index (χ0) is 10.2. The molecule has 0 spiro atoms. The Morgan fingerprint density at radius 1 is 1.64 bits per heavy atom. The largest absolute Gasteiger partial charge is 0.452 e. The molecule has 2 aliphatic rings. The van der Waals surface area contributed by atoms with Crippen LogP contribution in [0.2, 0.25) is 0 Å². The minimum absolute atomic E-state index is 0.122. The van der Waals surface area contributed by atoms with Gasteiger partial charge in [0.1, 0.15) is 0 Å². The van der Waals surface area contributed by atoms with Crippen LogP contribution in [-0.4, -0.2) is 23.3 Å². The molecule has 0 aromatic heterocycles. The normalized spacial score (nSPS) is 38.7. The summed E-state index contributed by atoms with van der Waals surface area (Å²) in [6, 6.07) is 0. The molecule has 0 aromatic carbocycles. The predicted molar refractivity (Wildman–Crippen MR) is 51.5 cm³/mol. The summed E-state index contributed by atoms with van der Waals surface area (Å²) in [7, 11) is 0. The van der Waals surface area contributed by atoms with Gasteiger partial charge in [0.05, 0.1) is 6.61 Å². The van der Waals surface area contributed by atoms with Crippen LogP contribution < -0.4 is 0 Å². The van der Waals surface area contributed by atoms with Gasteiger partial charge in [-0.1, -0.05) is 18.2 Å². The highest BCUT2D eigenvalue weighted by atomic mass is 16.6. The van der Waals surface area contributed by atoms with Gasteiger partial charge in [-0.15, -0.1) is 0 Å². The topological polar surface area (TPSA) is 46.5 Å². The number of aliphatic hydroxyl groups is 1. The molecule has 3 unspecified atom stereocenters. The first kappa shape index (κ1) is 9.46. The van der Waals surface area contributed by atoms with Crippen molar-refractivity contribution in [2.75, 3.05) is 6.61 Å². The average Bonchev–Trinajstić information content (AvgIpc) is 2.68. The number of ether oxygens (including phenoxy) is 1. The van der Waals surface area contributed by atoms with Gasteiger partial charge < -0.3 is 9.84 Å². The molecule has 3 heteroatoms. The van der Waals surface area contributed by atoms with Gasteiger partial charge in [0, 0.05) is 12.8 Å². The van der Waals surface area contributed by atoms with Gasteiger partial charge in [-0.05, 0) is 18.4 Å². The van der Waals surface area contributed by atoms with Crippen molar-refractivity contribution in [3.63, 3.8) is 0 Å². The molecule has 14 heavy (non-hydrogen) atoms. The fourth-order valence-electron chi connectivity index (χ4n) is 2.35. The van der Waals surface area contributed by atoms with Crippen LogP contribution >= 0.6 is 0 Å². The number of hydrogen-bond acceptors (Lipinski definition) is 3. The lowest BCUT2D eigenvalue weighted by molar-refractivity contribution is -0.159. The lowest BCUT2D eigenvalue weighted by atomic mass is 9.87. The highest BCUT2D eigenvalue weighted by molar-refractivity contribution is 5.67. The number of carbonyl (C=O) groups is 1. The molecule has 0 fully saturated rings. The van der Waals surface area contributed by atoms with E-state index < -0.39 is 5.60 Å². The molecule has 3 atom stereocenters. The Morgan fingerprint density at radius 2 is 2.43 bits per heavy atom. The molecule has 0 saturated heterocycles. The van der Waals surface area contributed by atoms with Crippen LogP contribution in [0.3, 0.4) is 0 Å². The second-order valence-corrected chi connectivity index (χ2v) is 3.92. The molecular formula is C11H14O3. The fraction of sp³-hybridized carbons (Fsp3) is 0.545. The first-order valence-electron chi connectivity index (χ1n) is 4.84. The first-order chi connectivity index (χ1) is 6.68. The third-order valence-electron chi connectivity index (χ3n) is 2.98. The van der Waals surface area contributed by atoms with Gasteiger partial charge in [-0.25, -0.2) is 0 Å². The van der Waals surface area contributed by atoms with Gasteiger partial charge in [0.2, 0.25) is 0 Å². The molecule has 3 nitrogen and oxygen atoms in total. The molecule has 0 amide bonds. The van der Waals surface area contributed by atoms with E-state index in [1.807, 2.05) is 18.2 Å². The molecular weight excluding hydrogens is 180 g/mol. The number of esters is 1. The number of allylic oxidation sites excluding steroid dienone is 2. The predicted octanol–water partition coefficient (Wildman–Crippen LogP) is 1.04. The Morgan fingerprint density at radius 3 is 3.07 bits per heavy atom. The van der Waals surface area contributed by atoms with E-state index in [4.69, 9.17) is 4.74 Å². The molecule has 0 bridgehead atoms. The minimum Gasteiger partial charge on any atom is -0.452 e. The lowest BCUT2D eigenvalue weighted by Gasteiger charge is -2.31. The Kier molecular flexibility index (Phi) is 2.19. The van der Waals surface area contributed by atoms with Gasteiger partial charge in [0.25, 0.3) is 0 Å². The van der Waals surface area contributed by atoms with Gasteiger partial charge >= 0.3 is 5.97 Å². The number of aliphatic hydroxyl groups excluding tert-OH is 1. The van der Waals surface area contributed by atoms with Crippen molar-refractivity contribution in [3.05, 3.63) is 24.3 Å². The average molecular weight is 194 g/mol. The van der Waals surface area contributed by atoms with Gasteiger partial charge in [-0.2, -0.15) is 0 Å². The molecule has 0 aromatic rings. The van der Waals surface area contributed by atoms with E-state index >= 15 is 0 Å². The molecule has 1 N–H and O–H groups in total. The fourth-order valence-corrected chi connectivity index (χ4v) is 2.35. The molecule has 0 aliphatic heterocycles. The van der Waals surface area contributed by atoms with Crippen LogP contribution in [0.15, 0.2) is 24.3 Å². The number of hydrogen-bond donors (Lipinski definition) is 1. The van der Waals surface area contributed by atoms with E-state index in [-0.39, 0.29) is 18.5 Å². The summed E-state index contributed by atoms with van der Waals surface area (Å²) >= 11 is 0. The summed E-state index contributed by atoms with van der Waals surface area (Å²) in [6.07, 6.45) is 8.94.